The maximum absolute atomic E-state index is 12.0. The summed E-state index contributed by atoms with van der Waals surface area (Å²) < 4.78 is 2.28. The molecular weight excluding hydrogens is 334 g/mol. The van der Waals surface area contributed by atoms with E-state index >= 15 is 0 Å². The summed E-state index contributed by atoms with van der Waals surface area (Å²) in [6.07, 6.45) is 16.5. The quantitative estimate of drug-likeness (QED) is 0.785. The van der Waals surface area contributed by atoms with Gasteiger partial charge < -0.3 is 9.88 Å². The average molecular weight is 366 g/mol. The molecule has 1 aromatic rings. The standard InChI is InChI=1S/C23H31N3O/c1-15-13-26(14-25-15)20-7-6-18-17-5-4-16-12-24-21(27)9-11-22(16,2)19(17)8-10-23(18,20)3/h7,12-14,17-19H,4-6,8-11H2,1-3H3,(H,24,27)/t17?,18?,19?,22?,23-/m0/s1. The van der Waals surface area contributed by atoms with E-state index in [2.05, 4.69) is 54.1 Å². The lowest BCUT2D eigenvalue weighted by atomic mass is 9.48. The first-order valence-electron chi connectivity index (χ1n) is 10.6. The molecule has 2 heterocycles. The van der Waals surface area contributed by atoms with Crippen LogP contribution in [0.25, 0.3) is 5.70 Å². The first-order valence-corrected chi connectivity index (χ1v) is 10.6. The van der Waals surface area contributed by atoms with Crippen molar-refractivity contribution < 1.29 is 4.79 Å². The van der Waals surface area contributed by atoms with E-state index in [1.54, 1.807) is 0 Å². The molecule has 4 nitrogen and oxygen atoms in total. The van der Waals surface area contributed by atoms with Gasteiger partial charge in [0.25, 0.3) is 0 Å². The van der Waals surface area contributed by atoms with E-state index in [1.807, 2.05) is 6.33 Å². The van der Waals surface area contributed by atoms with Crippen LogP contribution in [0.1, 0.15) is 64.5 Å². The number of nitrogens with one attached hydrogen (secondary N) is 1. The van der Waals surface area contributed by atoms with E-state index in [-0.39, 0.29) is 16.7 Å². The van der Waals surface area contributed by atoms with Crippen LogP contribution in [0.3, 0.4) is 0 Å². The molecule has 27 heavy (non-hydrogen) atoms. The van der Waals surface area contributed by atoms with Gasteiger partial charge in [-0.1, -0.05) is 19.9 Å². The molecule has 1 aliphatic heterocycles. The molecule has 144 valence electrons. The second-order valence-electron chi connectivity index (χ2n) is 9.77. The van der Waals surface area contributed by atoms with Crippen LogP contribution in [-0.4, -0.2) is 15.5 Å². The SMILES string of the molecule is Cc1cn(C2=CCC3C4CCC5=CNC(=O)CCC5(C)C4CC[C@]23C)cn1. The van der Waals surface area contributed by atoms with Crippen LogP contribution in [0.2, 0.25) is 0 Å². The first kappa shape index (κ1) is 17.3. The normalized spacial score (nSPS) is 40.9. The molecule has 2 fully saturated rings. The molecular formula is C23H31N3O. The van der Waals surface area contributed by atoms with Crippen LogP contribution in [0.5, 0.6) is 0 Å². The Morgan fingerprint density at radius 3 is 2.78 bits per heavy atom. The molecule has 0 radical (unpaired) electrons. The van der Waals surface area contributed by atoms with Gasteiger partial charge >= 0.3 is 0 Å². The van der Waals surface area contributed by atoms with Crippen molar-refractivity contribution in [1.82, 2.24) is 14.9 Å². The van der Waals surface area contributed by atoms with Crippen molar-refractivity contribution in [3.63, 3.8) is 0 Å². The fourth-order valence-corrected chi connectivity index (χ4v) is 7.02. The van der Waals surface area contributed by atoms with Crippen molar-refractivity contribution in [2.24, 2.45) is 28.6 Å². The third-order valence-corrected chi connectivity index (χ3v) is 8.54. The Morgan fingerprint density at radius 2 is 2.00 bits per heavy atom. The molecule has 5 atom stereocenters. The number of hydrogen-bond acceptors (Lipinski definition) is 2. The number of rotatable bonds is 1. The van der Waals surface area contributed by atoms with Crippen LogP contribution in [0.4, 0.5) is 0 Å². The number of allylic oxidation sites excluding steroid dienone is 3. The molecule has 3 aliphatic carbocycles. The zero-order chi connectivity index (χ0) is 18.8. The summed E-state index contributed by atoms with van der Waals surface area (Å²) in [6, 6.07) is 0. The van der Waals surface area contributed by atoms with E-state index in [4.69, 9.17) is 0 Å². The molecule has 1 amide bonds. The Hall–Kier alpha value is -1.84. The van der Waals surface area contributed by atoms with Crippen molar-refractivity contribution in [2.75, 3.05) is 0 Å². The molecule has 0 saturated heterocycles. The van der Waals surface area contributed by atoms with Gasteiger partial charge in [-0.15, -0.1) is 0 Å². The summed E-state index contributed by atoms with van der Waals surface area (Å²) in [5.41, 5.74) is 4.50. The second kappa shape index (κ2) is 5.83. The number of aryl methyl sites for hydroxylation is 1. The highest BCUT2D eigenvalue weighted by molar-refractivity contribution is 5.77. The summed E-state index contributed by atoms with van der Waals surface area (Å²) in [7, 11) is 0. The van der Waals surface area contributed by atoms with Crippen LogP contribution in [0, 0.1) is 35.5 Å². The summed E-state index contributed by atoms with van der Waals surface area (Å²) in [5, 5.41) is 3.03. The van der Waals surface area contributed by atoms with E-state index in [9.17, 15) is 4.79 Å². The van der Waals surface area contributed by atoms with Crippen molar-refractivity contribution in [2.45, 2.75) is 65.7 Å². The minimum atomic E-state index is 0.190. The number of carbonyl (C=O) groups is 1. The summed E-state index contributed by atoms with van der Waals surface area (Å²) >= 11 is 0. The number of carbonyl (C=O) groups excluding carboxylic acids is 1. The number of aromatic nitrogens is 2. The van der Waals surface area contributed by atoms with Crippen LogP contribution >= 0.6 is 0 Å². The highest BCUT2D eigenvalue weighted by Crippen LogP contribution is 2.65. The van der Waals surface area contributed by atoms with Crippen molar-refractivity contribution in [1.29, 1.82) is 0 Å². The Morgan fingerprint density at radius 1 is 1.15 bits per heavy atom. The zero-order valence-electron chi connectivity index (χ0n) is 16.8. The van der Waals surface area contributed by atoms with Gasteiger partial charge in [-0.3, -0.25) is 4.79 Å². The van der Waals surface area contributed by atoms with Crippen LogP contribution < -0.4 is 5.32 Å². The molecule has 4 unspecified atom stereocenters. The lowest BCUT2D eigenvalue weighted by Gasteiger charge is -2.56. The highest BCUT2D eigenvalue weighted by Gasteiger charge is 2.57. The van der Waals surface area contributed by atoms with Gasteiger partial charge in [-0.25, -0.2) is 4.98 Å². The lowest BCUT2D eigenvalue weighted by Crippen LogP contribution is -2.49. The fraction of sp³-hybridized carbons (Fsp3) is 0.652. The van der Waals surface area contributed by atoms with Gasteiger partial charge in [-0.2, -0.15) is 0 Å². The van der Waals surface area contributed by atoms with E-state index in [1.165, 1.54) is 37.0 Å². The van der Waals surface area contributed by atoms with E-state index in [0.29, 0.717) is 12.3 Å². The summed E-state index contributed by atoms with van der Waals surface area (Å²) in [4.78, 5) is 16.5. The minimum absolute atomic E-state index is 0.190. The fourth-order valence-electron chi connectivity index (χ4n) is 7.02. The maximum atomic E-state index is 12.0. The van der Waals surface area contributed by atoms with Gasteiger partial charge in [0.1, 0.15) is 0 Å². The van der Waals surface area contributed by atoms with Crippen molar-refractivity contribution in [3.05, 3.63) is 36.1 Å². The third kappa shape index (κ3) is 2.41. The summed E-state index contributed by atoms with van der Waals surface area (Å²) in [6.45, 7) is 7.01. The minimum Gasteiger partial charge on any atom is -0.333 e. The molecule has 1 N–H and O–H groups in total. The van der Waals surface area contributed by atoms with E-state index in [0.717, 1.165) is 30.4 Å². The molecule has 0 aromatic carbocycles. The molecule has 0 spiro atoms. The molecule has 2 saturated carbocycles. The van der Waals surface area contributed by atoms with Crippen LogP contribution in [0.15, 0.2) is 30.4 Å². The van der Waals surface area contributed by atoms with Gasteiger partial charge in [0.05, 0.1) is 12.0 Å². The second-order valence-corrected chi connectivity index (χ2v) is 9.77. The lowest BCUT2D eigenvalue weighted by molar-refractivity contribution is -0.120. The number of amides is 1. The predicted octanol–water partition coefficient (Wildman–Crippen LogP) is 4.68. The largest absolute Gasteiger partial charge is 0.333 e. The van der Waals surface area contributed by atoms with E-state index < -0.39 is 0 Å². The zero-order valence-corrected chi connectivity index (χ0v) is 16.8. The topological polar surface area (TPSA) is 46.9 Å². The van der Waals surface area contributed by atoms with Gasteiger partial charge in [0.15, 0.2) is 0 Å². The Kier molecular flexibility index (Phi) is 3.73. The summed E-state index contributed by atoms with van der Waals surface area (Å²) in [5.74, 6) is 2.38. The Bertz CT molecular complexity index is 850. The molecule has 4 heteroatoms. The Labute approximate surface area is 162 Å². The Balaban J connectivity index is 1.47. The van der Waals surface area contributed by atoms with Gasteiger partial charge in [0, 0.05) is 29.9 Å². The molecule has 1 aromatic heterocycles. The molecule has 5 rings (SSSR count). The number of hydrogen-bond donors (Lipinski definition) is 1. The molecule has 4 aliphatic rings. The van der Waals surface area contributed by atoms with Crippen LogP contribution in [-0.2, 0) is 4.79 Å². The van der Waals surface area contributed by atoms with Crippen molar-refractivity contribution >= 4 is 11.6 Å². The first-order chi connectivity index (χ1) is 12.9. The van der Waals surface area contributed by atoms with Gasteiger partial charge in [0.2, 0.25) is 5.91 Å². The average Bonchev–Trinajstić information content (AvgIpc) is 3.17. The van der Waals surface area contributed by atoms with Crippen molar-refractivity contribution in [3.8, 4) is 0 Å². The van der Waals surface area contributed by atoms with Gasteiger partial charge in [-0.05, 0) is 74.2 Å². The third-order valence-electron chi connectivity index (χ3n) is 8.54. The number of imidazole rings is 1. The smallest absolute Gasteiger partial charge is 0.223 e. The predicted molar refractivity (Wildman–Crippen MR) is 106 cm³/mol. The monoisotopic (exact) mass is 365 g/mol. The number of fused-ring (bicyclic) bond motifs is 5. The number of nitrogens with zero attached hydrogens (tertiary/aromatic N) is 2. The molecule has 0 bridgehead atoms. The maximum Gasteiger partial charge on any atom is 0.223 e. The highest BCUT2D eigenvalue weighted by atomic mass is 16.1.